The maximum atomic E-state index is 12.9. The number of amidine groups is 1. The number of amides is 1. The van der Waals surface area contributed by atoms with Gasteiger partial charge in [0.05, 0.1) is 0 Å². The SMILES string of the molecule is CN1CCC(C2N=C3C=CC(C(=O)N[I-]C4CCOc5ccccc54)=CN3N2C)CC1. The first kappa shape index (κ1) is 21.0. The molecule has 1 fully saturated rings. The summed E-state index contributed by atoms with van der Waals surface area (Å²) < 4.78 is 9.39. The third-order valence-corrected chi connectivity index (χ3v) is 9.35. The molecule has 2 unspecified atom stereocenters. The number of hydrogen-bond acceptors (Lipinski definition) is 6. The third kappa shape index (κ3) is 4.25. The molecule has 1 aromatic rings. The van der Waals surface area contributed by atoms with E-state index in [1.165, 1.54) is 5.56 Å². The second-order valence-corrected chi connectivity index (χ2v) is 11.2. The topological polar surface area (TPSA) is 60.4 Å². The van der Waals surface area contributed by atoms with E-state index in [4.69, 9.17) is 9.73 Å². The van der Waals surface area contributed by atoms with Crippen molar-refractivity contribution in [1.29, 1.82) is 0 Å². The number of fused-ring (bicyclic) bond motifs is 2. The van der Waals surface area contributed by atoms with E-state index in [0.29, 0.717) is 15.4 Å². The minimum atomic E-state index is -0.524. The van der Waals surface area contributed by atoms with Crippen molar-refractivity contribution in [1.82, 2.24) is 18.4 Å². The number of benzene rings is 1. The van der Waals surface area contributed by atoms with Gasteiger partial charge in [0.2, 0.25) is 0 Å². The molecule has 5 rings (SSSR count). The Labute approximate surface area is 194 Å². The first-order valence-electron chi connectivity index (χ1n) is 10.9. The van der Waals surface area contributed by atoms with Gasteiger partial charge in [-0.05, 0) is 0 Å². The zero-order chi connectivity index (χ0) is 21.4. The Hall–Kier alpha value is -1.91. The normalized spacial score (nSPS) is 26.7. The molecule has 0 aromatic heterocycles. The van der Waals surface area contributed by atoms with Gasteiger partial charge < -0.3 is 0 Å². The first-order chi connectivity index (χ1) is 15.1. The van der Waals surface area contributed by atoms with Crippen LogP contribution in [0.3, 0.4) is 0 Å². The van der Waals surface area contributed by atoms with Gasteiger partial charge in [-0.3, -0.25) is 0 Å². The molecule has 4 aliphatic rings. The number of halogens is 1. The molecule has 0 saturated carbocycles. The summed E-state index contributed by atoms with van der Waals surface area (Å²) in [5.41, 5.74) is 1.92. The Morgan fingerprint density at radius 1 is 1.16 bits per heavy atom. The van der Waals surface area contributed by atoms with E-state index in [2.05, 4.69) is 33.6 Å². The van der Waals surface area contributed by atoms with Crippen molar-refractivity contribution in [2.45, 2.75) is 29.4 Å². The molecular weight excluding hydrogens is 505 g/mol. The predicted octanol–water partition coefficient (Wildman–Crippen LogP) is -0.687. The molecule has 7 nitrogen and oxygen atoms in total. The molecule has 1 saturated heterocycles. The van der Waals surface area contributed by atoms with Gasteiger partial charge in [-0.2, -0.15) is 0 Å². The Balaban J connectivity index is 1.22. The van der Waals surface area contributed by atoms with Crippen LogP contribution in [0, 0.1) is 5.92 Å². The Kier molecular flexibility index (Phi) is 6.03. The van der Waals surface area contributed by atoms with Gasteiger partial charge in [-0.25, -0.2) is 0 Å². The molecular formula is C23H29IN5O2-. The summed E-state index contributed by atoms with van der Waals surface area (Å²) in [6.45, 7) is 2.97. The van der Waals surface area contributed by atoms with Crippen LogP contribution in [0.2, 0.25) is 0 Å². The minimum absolute atomic E-state index is 0.00298. The van der Waals surface area contributed by atoms with Crippen molar-refractivity contribution in [3.05, 3.63) is 53.8 Å². The molecule has 2 atom stereocenters. The van der Waals surface area contributed by atoms with Gasteiger partial charge in [-0.15, -0.1) is 0 Å². The van der Waals surface area contributed by atoms with Crippen LogP contribution >= 0.6 is 0 Å². The number of nitrogens with one attached hydrogen (secondary N) is 1. The molecule has 0 aliphatic carbocycles. The van der Waals surface area contributed by atoms with Gasteiger partial charge in [0.1, 0.15) is 0 Å². The number of ether oxygens (including phenoxy) is 1. The average molecular weight is 534 g/mol. The molecule has 4 heterocycles. The average Bonchev–Trinajstić information content (AvgIpc) is 3.13. The fraction of sp³-hybridized carbons (Fsp3) is 0.478. The molecule has 166 valence electrons. The monoisotopic (exact) mass is 534 g/mol. The Morgan fingerprint density at radius 3 is 2.81 bits per heavy atom. The van der Waals surface area contributed by atoms with Crippen LogP contribution in [0.1, 0.15) is 28.8 Å². The fourth-order valence-electron chi connectivity index (χ4n) is 4.64. The molecule has 0 radical (unpaired) electrons. The summed E-state index contributed by atoms with van der Waals surface area (Å²) in [5, 5.41) is 4.23. The third-order valence-electron chi connectivity index (χ3n) is 6.50. The number of alkyl halides is 1. The summed E-state index contributed by atoms with van der Waals surface area (Å²) in [4.78, 5) is 20.3. The summed E-state index contributed by atoms with van der Waals surface area (Å²) in [6.07, 6.45) is 9.24. The van der Waals surface area contributed by atoms with Crippen LogP contribution in [0.5, 0.6) is 5.75 Å². The van der Waals surface area contributed by atoms with Crippen molar-refractivity contribution < 1.29 is 31.0 Å². The number of aliphatic imine (C=N–C) groups is 1. The molecule has 31 heavy (non-hydrogen) atoms. The van der Waals surface area contributed by atoms with E-state index in [1.54, 1.807) is 0 Å². The molecule has 0 spiro atoms. The number of para-hydroxylation sites is 1. The van der Waals surface area contributed by atoms with Crippen molar-refractivity contribution >= 4 is 11.7 Å². The molecule has 1 aromatic carbocycles. The van der Waals surface area contributed by atoms with Gasteiger partial charge in [0, 0.05) is 0 Å². The summed E-state index contributed by atoms with van der Waals surface area (Å²) in [7, 11) is 4.26. The van der Waals surface area contributed by atoms with Crippen molar-refractivity contribution in [3.63, 3.8) is 0 Å². The summed E-state index contributed by atoms with van der Waals surface area (Å²) >= 11 is -0.524. The van der Waals surface area contributed by atoms with Crippen LogP contribution < -0.4 is 29.7 Å². The van der Waals surface area contributed by atoms with E-state index in [9.17, 15) is 4.79 Å². The zero-order valence-electron chi connectivity index (χ0n) is 18.0. The number of hydrazine groups is 1. The Morgan fingerprint density at radius 2 is 1.97 bits per heavy atom. The zero-order valence-corrected chi connectivity index (χ0v) is 20.2. The van der Waals surface area contributed by atoms with Gasteiger partial charge >= 0.3 is 195 Å². The van der Waals surface area contributed by atoms with E-state index in [0.717, 1.165) is 50.5 Å². The van der Waals surface area contributed by atoms with Crippen molar-refractivity contribution in [2.24, 2.45) is 10.9 Å². The number of hydrogen-bond donors (Lipinski definition) is 1. The second-order valence-electron chi connectivity index (χ2n) is 8.55. The number of likely N-dealkylation sites (tertiary alicyclic amines) is 1. The van der Waals surface area contributed by atoms with Crippen LogP contribution in [-0.2, 0) is 4.79 Å². The maximum absolute atomic E-state index is 12.9. The van der Waals surface area contributed by atoms with Gasteiger partial charge in [0.25, 0.3) is 0 Å². The predicted molar refractivity (Wildman–Crippen MR) is 116 cm³/mol. The number of carbonyl (C=O) groups excluding carboxylic acids is 1. The molecule has 1 N–H and O–H groups in total. The van der Waals surface area contributed by atoms with Crippen LogP contribution in [0.25, 0.3) is 0 Å². The van der Waals surface area contributed by atoms with E-state index in [-0.39, 0.29) is 12.1 Å². The summed E-state index contributed by atoms with van der Waals surface area (Å²) in [5.74, 6) is 2.45. The first-order valence-corrected chi connectivity index (χ1v) is 13.3. The fourth-order valence-corrected chi connectivity index (χ4v) is 7.02. The number of nitrogens with zero attached hydrogens (tertiary/aromatic N) is 4. The van der Waals surface area contributed by atoms with Crippen molar-refractivity contribution in [2.75, 3.05) is 33.8 Å². The van der Waals surface area contributed by atoms with Crippen LogP contribution in [0.4, 0.5) is 0 Å². The summed E-state index contributed by atoms with van der Waals surface area (Å²) in [6, 6.07) is 8.18. The number of carbonyl (C=O) groups is 1. The number of rotatable bonds is 4. The van der Waals surface area contributed by atoms with E-state index in [1.807, 2.05) is 41.6 Å². The van der Waals surface area contributed by atoms with E-state index >= 15 is 0 Å². The Bertz CT molecular complexity index is 938. The van der Waals surface area contributed by atoms with Crippen LogP contribution in [-0.4, -0.2) is 66.6 Å². The van der Waals surface area contributed by atoms with Gasteiger partial charge in [-0.1, -0.05) is 0 Å². The molecule has 0 bridgehead atoms. The van der Waals surface area contributed by atoms with Crippen molar-refractivity contribution in [3.8, 4) is 5.75 Å². The standard InChI is InChI=1S/C23H29IN5O2/c1-27-12-9-16(10-13-27)22-25-21-8-7-17(15-29(21)28(22)2)23(30)26-24-19-11-14-31-20-6-4-3-5-18(19)20/h3-8,15-16,19,22H,9-14H2,1-2H3,(H,26,30)/q-1. The van der Waals surface area contributed by atoms with Crippen LogP contribution in [0.15, 0.2) is 53.2 Å². The number of piperidine rings is 1. The molecule has 4 aliphatic heterocycles. The van der Waals surface area contributed by atoms with Gasteiger partial charge in [0.15, 0.2) is 0 Å². The van der Waals surface area contributed by atoms with E-state index < -0.39 is 21.5 Å². The molecule has 8 heteroatoms. The quantitative estimate of drug-likeness (QED) is 0.315. The molecule has 1 amide bonds. The second kappa shape index (κ2) is 8.91.